The Kier molecular flexibility index (Phi) is 8.17. The lowest BCUT2D eigenvalue weighted by molar-refractivity contribution is 0.0421. The third-order valence-electron chi connectivity index (χ3n) is 6.50. The number of fused-ring (bicyclic) bond motifs is 1. The van der Waals surface area contributed by atoms with Crippen LogP contribution in [0.5, 0.6) is 5.75 Å². The number of nitrogens with zero attached hydrogens (tertiary/aromatic N) is 2. The van der Waals surface area contributed by atoms with Gasteiger partial charge in [-0.25, -0.2) is 4.79 Å². The van der Waals surface area contributed by atoms with Crippen LogP contribution in [0.3, 0.4) is 0 Å². The van der Waals surface area contributed by atoms with Gasteiger partial charge in [0.15, 0.2) is 11.4 Å². The molecule has 188 valence electrons. The number of carbonyl (C=O) groups excluding carboxylic acids is 1. The summed E-state index contributed by atoms with van der Waals surface area (Å²) < 4.78 is 6.65. The highest BCUT2D eigenvalue weighted by Gasteiger charge is 2.32. The van der Waals surface area contributed by atoms with Crippen molar-refractivity contribution in [1.82, 2.24) is 9.47 Å². The van der Waals surface area contributed by atoms with Crippen LogP contribution in [0.4, 0.5) is 0 Å². The van der Waals surface area contributed by atoms with Crippen molar-refractivity contribution < 1.29 is 24.5 Å². The van der Waals surface area contributed by atoms with E-state index >= 15 is 0 Å². The molecule has 8 nitrogen and oxygen atoms in total. The van der Waals surface area contributed by atoms with Crippen LogP contribution in [0.15, 0.2) is 71.7 Å². The first kappa shape index (κ1) is 25.2. The van der Waals surface area contributed by atoms with Gasteiger partial charge in [-0.3, -0.25) is 9.59 Å². The summed E-state index contributed by atoms with van der Waals surface area (Å²) >= 11 is 0. The second kappa shape index (κ2) is 11.7. The molecule has 8 heteroatoms. The molecule has 1 saturated heterocycles. The number of aromatic nitrogens is 1. The molecule has 0 bridgehead atoms. The predicted molar refractivity (Wildman–Crippen MR) is 134 cm³/mol. The summed E-state index contributed by atoms with van der Waals surface area (Å²) in [4.78, 5) is 37.1. The van der Waals surface area contributed by atoms with Gasteiger partial charge in [-0.15, -0.1) is 0 Å². The topological polar surface area (TPSA) is 109 Å². The van der Waals surface area contributed by atoms with Gasteiger partial charge < -0.3 is 24.4 Å². The standard InChI is InChI=1S/C15H18N2O6.C13H12/c18-12-10(15(21)22)8-16-3-4-17(14(20)11(16)13(12)19)7-9-1-5-23-6-2-9;1-3-7-12(8-4-1)11-13-9-5-2-6-10-13/h8-9,19H,1-7H2,(H,21,22);1-10H,11H2. The number of rotatable bonds is 5. The van der Waals surface area contributed by atoms with E-state index in [4.69, 9.17) is 9.84 Å². The monoisotopic (exact) mass is 490 g/mol. The van der Waals surface area contributed by atoms with Crippen LogP contribution >= 0.6 is 0 Å². The zero-order valence-corrected chi connectivity index (χ0v) is 20.0. The normalized spacial score (nSPS) is 15.6. The van der Waals surface area contributed by atoms with Crippen LogP contribution in [0.1, 0.15) is 44.8 Å². The lowest BCUT2D eigenvalue weighted by Gasteiger charge is -2.34. The van der Waals surface area contributed by atoms with E-state index in [0.29, 0.717) is 38.8 Å². The first-order valence-electron chi connectivity index (χ1n) is 12.1. The minimum Gasteiger partial charge on any atom is -0.503 e. The minimum absolute atomic E-state index is 0.127. The molecule has 0 unspecified atom stereocenters. The van der Waals surface area contributed by atoms with E-state index in [1.807, 2.05) is 0 Å². The van der Waals surface area contributed by atoms with Crippen LogP contribution in [0.2, 0.25) is 0 Å². The third-order valence-corrected chi connectivity index (χ3v) is 6.50. The number of aromatic carboxylic acids is 1. The van der Waals surface area contributed by atoms with Gasteiger partial charge in [0.05, 0.1) is 0 Å². The van der Waals surface area contributed by atoms with E-state index in [-0.39, 0.29) is 5.69 Å². The Labute approximate surface area is 209 Å². The number of ether oxygens (including phenoxy) is 1. The average molecular weight is 491 g/mol. The number of carbonyl (C=O) groups is 2. The maximum atomic E-state index is 12.6. The number of carboxylic acids is 1. The van der Waals surface area contributed by atoms with Gasteiger partial charge in [-0.05, 0) is 36.3 Å². The van der Waals surface area contributed by atoms with E-state index in [1.54, 1.807) is 4.90 Å². The molecule has 0 aliphatic carbocycles. The van der Waals surface area contributed by atoms with Crippen molar-refractivity contribution in [3.63, 3.8) is 0 Å². The first-order valence-corrected chi connectivity index (χ1v) is 12.1. The molecule has 0 spiro atoms. The molecule has 1 aromatic heterocycles. The van der Waals surface area contributed by atoms with Crippen molar-refractivity contribution >= 4 is 11.9 Å². The van der Waals surface area contributed by atoms with Crippen molar-refractivity contribution in [1.29, 1.82) is 0 Å². The summed E-state index contributed by atoms with van der Waals surface area (Å²) in [5.74, 6) is -2.30. The predicted octanol–water partition coefficient (Wildman–Crippen LogP) is 3.41. The molecule has 2 N–H and O–H groups in total. The molecule has 2 aliphatic rings. The Morgan fingerprint density at radius 1 is 0.917 bits per heavy atom. The largest absolute Gasteiger partial charge is 0.503 e. The molecule has 5 rings (SSSR count). The zero-order chi connectivity index (χ0) is 25.5. The Morgan fingerprint density at radius 2 is 1.50 bits per heavy atom. The summed E-state index contributed by atoms with van der Waals surface area (Å²) in [7, 11) is 0. The van der Waals surface area contributed by atoms with Gasteiger partial charge in [0.25, 0.3) is 5.91 Å². The van der Waals surface area contributed by atoms with Crippen molar-refractivity contribution in [3.8, 4) is 5.75 Å². The molecule has 1 amide bonds. The van der Waals surface area contributed by atoms with Crippen LogP contribution < -0.4 is 5.43 Å². The molecule has 0 saturated carbocycles. The summed E-state index contributed by atoms with van der Waals surface area (Å²) in [6.45, 7) is 2.67. The SMILES string of the molecule is O=C(O)c1cn2c(c(O)c1=O)C(=O)N(CC1CCOCC1)CC2.c1ccc(Cc2ccccc2)cc1. The van der Waals surface area contributed by atoms with Gasteiger partial charge in [0.1, 0.15) is 5.56 Å². The zero-order valence-electron chi connectivity index (χ0n) is 20.0. The molecule has 36 heavy (non-hydrogen) atoms. The van der Waals surface area contributed by atoms with Crippen LogP contribution in [-0.2, 0) is 17.7 Å². The maximum Gasteiger partial charge on any atom is 0.341 e. The summed E-state index contributed by atoms with van der Waals surface area (Å²) in [6, 6.07) is 21.1. The third kappa shape index (κ3) is 6.01. The molecule has 3 aromatic rings. The maximum absolute atomic E-state index is 12.6. The second-order valence-corrected chi connectivity index (χ2v) is 9.02. The van der Waals surface area contributed by atoms with E-state index in [9.17, 15) is 19.5 Å². The highest BCUT2D eigenvalue weighted by atomic mass is 16.5. The number of amides is 1. The van der Waals surface area contributed by atoms with E-state index in [0.717, 1.165) is 25.5 Å². The molecule has 0 radical (unpaired) electrons. The van der Waals surface area contributed by atoms with Crippen molar-refractivity contribution in [2.45, 2.75) is 25.8 Å². The number of pyridine rings is 1. The number of carboxylic acid groups (broad SMARTS) is 1. The van der Waals surface area contributed by atoms with Gasteiger partial charge in [0, 0.05) is 39.0 Å². The van der Waals surface area contributed by atoms with Crippen LogP contribution in [-0.4, -0.2) is 57.9 Å². The summed E-state index contributed by atoms with van der Waals surface area (Å²) in [5.41, 5.74) is 1.06. The van der Waals surface area contributed by atoms with Crippen LogP contribution in [0, 0.1) is 5.92 Å². The lowest BCUT2D eigenvalue weighted by atomic mass is 9.99. The highest BCUT2D eigenvalue weighted by molar-refractivity contribution is 5.97. The Bertz CT molecular complexity index is 1210. The molecule has 2 aliphatic heterocycles. The van der Waals surface area contributed by atoms with E-state index in [1.165, 1.54) is 15.7 Å². The molecule has 0 atom stereocenters. The minimum atomic E-state index is -1.42. The van der Waals surface area contributed by atoms with Gasteiger partial charge in [-0.1, -0.05) is 60.7 Å². The lowest BCUT2D eigenvalue weighted by Crippen LogP contribution is -2.45. The fraction of sp³-hybridized carbons (Fsp3) is 0.321. The van der Waals surface area contributed by atoms with Gasteiger partial charge in [0.2, 0.25) is 5.43 Å². The smallest absolute Gasteiger partial charge is 0.341 e. The number of hydrogen-bond donors (Lipinski definition) is 2. The van der Waals surface area contributed by atoms with Crippen molar-refractivity contribution in [2.24, 2.45) is 5.92 Å². The fourth-order valence-corrected chi connectivity index (χ4v) is 4.53. The number of benzene rings is 2. The molecular weight excluding hydrogens is 460 g/mol. The molecule has 2 aromatic carbocycles. The molecule has 1 fully saturated rings. The quantitative estimate of drug-likeness (QED) is 0.567. The molecule has 3 heterocycles. The summed E-state index contributed by atoms with van der Waals surface area (Å²) in [6.07, 6.45) is 3.91. The fourth-order valence-electron chi connectivity index (χ4n) is 4.53. The number of hydrogen-bond acceptors (Lipinski definition) is 5. The van der Waals surface area contributed by atoms with Gasteiger partial charge in [-0.2, -0.15) is 0 Å². The van der Waals surface area contributed by atoms with Crippen molar-refractivity contribution in [3.05, 3.63) is 99.5 Å². The van der Waals surface area contributed by atoms with E-state index in [2.05, 4.69) is 60.7 Å². The average Bonchev–Trinajstić information content (AvgIpc) is 2.90. The van der Waals surface area contributed by atoms with Crippen molar-refractivity contribution in [2.75, 3.05) is 26.3 Å². The molecular formula is C28H30N2O6. The summed E-state index contributed by atoms with van der Waals surface area (Å²) in [5, 5.41) is 19.0. The van der Waals surface area contributed by atoms with E-state index < -0.39 is 28.6 Å². The van der Waals surface area contributed by atoms with Crippen LogP contribution in [0.25, 0.3) is 0 Å². The second-order valence-electron chi connectivity index (χ2n) is 9.02. The Balaban J connectivity index is 0.000000197. The Morgan fingerprint density at radius 3 is 2.06 bits per heavy atom. The highest BCUT2D eigenvalue weighted by Crippen LogP contribution is 2.23. The Hall–Kier alpha value is -3.91. The first-order chi connectivity index (χ1) is 17.4. The number of aromatic hydroxyl groups is 1. The van der Waals surface area contributed by atoms with Gasteiger partial charge >= 0.3 is 5.97 Å².